The largest absolute Gasteiger partial charge is 0.354 e. The van der Waals surface area contributed by atoms with Gasteiger partial charge in [0.1, 0.15) is 24.2 Å². The molecule has 0 aliphatic rings. The van der Waals surface area contributed by atoms with Gasteiger partial charge < -0.3 is 10.2 Å². The van der Waals surface area contributed by atoms with Crippen LogP contribution < -0.4 is 9.62 Å². The number of hydrogen-bond acceptors (Lipinski definition) is 4. The molecule has 10 heteroatoms. The van der Waals surface area contributed by atoms with Crippen LogP contribution in [-0.2, 0) is 26.2 Å². The number of hydrogen-bond donors (Lipinski definition) is 1. The first kappa shape index (κ1) is 29.8. The number of halogens is 2. The zero-order valence-electron chi connectivity index (χ0n) is 22.2. The molecule has 1 atom stereocenters. The first-order chi connectivity index (χ1) is 18.6. The summed E-state index contributed by atoms with van der Waals surface area (Å²) in [7, 11) is -4.29. The molecule has 3 aromatic carbocycles. The van der Waals surface area contributed by atoms with E-state index >= 15 is 0 Å². The lowest BCUT2D eigenvalue weighted by atomic mass is 10.1. The number of benzene rings is 3. The Labute approximate surface area is 228 Å². The number of carbonyl (C=O) groups is 2. The van der Waals surface area contributed by atoms with Crippen molar-refractivity contribution in [3.8, 4) is 0 Å². The van der Waals surface area contributed by atoms with Crippen molar-refractivity contribution in [3.63, 3.8) is 0 Å². The van der Waals surface area contributed by atoms with Gasteiger partial charge in [-0.25, -0.2) is 17.2 Å². The van der Waals surface area contributed by atoms with Crippen LogP contribution in [0.5, 0.6) is 0 Å². The molecule has 0 spiro atoms. The van der Waals surface area contributed by atoms with Gasteiger partial charge in [-0.1, -0.05) is 43.7 Å². The summed E-state index contributed by atoms with van der Waals surface area (Å²) < 4.78 is 55.5. The monoisotopic (exact) mass is 557 g/mol. The van der Waals surface area contributed by atoms with E-state index in [0.29, 0.717) is 18.5 Å². The second kappa shape index (κ2) is 13.3. The molecule has 2 amide bonds. The molecular formula is C29H33F2N3O4S. The number of rotatable bonds is 12. The maximum atomic E-state index is 13.9. The van der Waals surface area contributed by atoms with Crippen LogP contribution in [0.2, 0.25) is 0 Å². The van der Waals surface area contributed by atoms with E-state index in [4.69, 9.17) is 0 Å². The summed E-state index contributed by atoms with van der Waals surface area (Å²) in [5.41, 5.74) is 1.71. The Kier molecular flexibility index (Phi) is 10.2. The molecule has 0 aromatic heterocycles. The molecular weight excluding hydrogens is 524 g/mol. The first-order valence-corrected chi connectivity index (χ1v) is 14.2. The van der Waals surface area contributed by atoms with E-state index in [1.807, 2.05) is 13.8 Å². The van der Waals surface area contributed by atoms with Crippen LogP contribution in [0.3, 0.4) is 0 Å². The predicted octanol–water partition coefficient (Wildman–Crippen LogP) is 4.80. The van der Waals surface area contributed by atoms with Gasteiger partial charge in [-0.3, -0.25) is 13.9 Å². The van der Waals surface area contributed by atoms with Gasteiger partial charge in [0.2, 0.25) is 11.8 Å². The Balaban J connectivity index is 2.03. The maximum Gasteiger partial charge on any atom is 0.264 e. The van der Waals surface area contributed by atoms with Crippen LogP contribution in [0.25, 0.3) is 0 Å². The molecule has 1 N–H and O–H groups in total. The summed E-state index contributed by atoms with van der Waals surface area (Å²) in [6, 6.07) is 15.6. The number of nitrogens with zero attached hydrogens (tertiary/aromatic N) is 2. The lowest BCUT2D eigenvalue weighted by molar-refractivity contribution is -0.140. The zero-order chi connectivity index (χ0) is 28.6. The quantitative estimate of drug-likeness (QED) is 0.347. The van der Waals surface area contributed by atoms with E-state index in [1.165, 1.54) is 29.2 Å². The Morgan fingerprint density at radius 1 is 0.872 bits per heavy atom. The fourth-order valence-electron chi connectivity index (χ4n) is 4.05. The molecule has 0 unspecified atom stereocenters. The van der Waals surface area contributed by atoms with Crippen molar-refractivity contribution >= 4 is 27.5 Å². The Hall–Kier alpha value is -3.79. The minimum absolute atomic E-state index is 0.0322. The van der Waals surface area contributed by atoms with E-state index in [9.17, 15) is 26.8 Å². The van der Waals surface area contributed by atoms with Gasteiger partial charge in [0, 0.05) is 13.1 Å². The lowest BCUT2D eigenvalue weighted by Crippen LogP contribution is -2.52. The SMILES string of the molecule is CCCNC(=O)[C@@H](CC)N(Cc1ccc(F)cc1)C(=O)CN(c1ccc(C)cc1)S(=O)(=O)c1ccc(F)cc1. The van der Waals surface area contributed by atoms with Crippen molar-refractivity contribution in [2.24, 2.45) is 0 Å². The topological polar surface area (TPSA) is 86.8 Å². The number of sulfonamides is 1. The van der Waals surface area contributed by atoms with Crippen LogP contribution in [0.4, 0.5) is 14.5 Å². The number of amides is 2. The standard InChI is InChI=1S/C29H33F2N3O4S/c1-4-18-32-29(36)27(5-2)33(19-22-8-10-23(30)11-9-22)28(35)20-34(25-14-6-21(3)7-15-25)39(37,38)26-16-12-24(31)13-17-26/h6-17,27H,4-5,18-20H2,1-3H3,(H,32,36)/t27-/m1/s1. The summed E-state index contributed by atoms with van der Waals surface area (Å²) in [5.74, 6) is -2.02. The summed E-state index contributed by atoms with van der Waals surface area (Å²) in [6.07, 6.45) is 0.975. The van der Waals surface area contributed by atoms with Crippen LogP contribution >= 0.6 is 0 Å². The number of nitrogens with one attached hydrogen (secondary N) is 1. The number of carbonyl (C=O) groups excluding carboxylic acids is 2. The highest BCUT2D eigenvalue weighted by Crippen LogP contribution is 2.25. The Bertz CT molecular complexity index is 1360. The van der Waals surface area contributed by atoms with Gasteiger partial charge in [-0.05, 0) is 73.9 Å². The summed E-state index contributed by atoms with van der Waals surface area (Å²) in [4.78, 5) is 28.1. The number of aryl methyl sites for hydroxylation is 1. The zero-order valence-corrected chi connectivity index (χ0v) is 23.0. The molecule has 7 nitrogen and oxygen atoms in total. The molecule has 3 rings (SSSR count). The molecule has 0 saturated carbocycles. The normalized spacial score (nSPS) is 12.0. The molecule has 0 aliphatic carbocycles. The highest BCUT2D eigenvalue weighted by atomic mass is 32.2. The van der Waals surface area contributed by atoms with Crippen molar-refractivity contribution in [1.82, 2.24) is 10.2 Å². The molecule has 0 aliphatic heterocycles. The van der Waals surface area contributed by atoms with Crippen molar-refractivity contribution in [2.45, 2.75) is 51.1 Å². The molecule has 0 bridgehead atoms. The smallest absolute Gasteiger partial charge is 0.264 e. The molecule has 0 saturated heterocycles. The van der Waals surface area contributed by atoms with E-state index in [-0.39, 0.29) is 29.5 Å². The fourth-order valence-corrected chi connectivity index (χ4v) is 5.46. The fraction of sp³-hybridized carbons (Fsp3) is 0.310. The third-order valence-corrected chi connectivity index (χ3v) is 7.99. The number of anilines is 1. The van der Waals surface area contributed by atoms with Gasteiger partial charge in [0.05, 0.1) is 10.6 Å². The maximum absolute atomic E-state index is 13.9. The van der Waals surface area contributed by atoms with Gasteiger partial charge in [-0.15, -0.1) is 0 Å². The van der Waals surface area contributed by atoms with Gasteiger partial charge in [0.15, 0.2) is 0 Å². The first-order valence-electron chi connectivity index (χ1n) is 12.7. The summed E-state index contributed by atoms with van der Waals surface area (Å²) in [6.45, 7) is 5.29. The molecule has 39 heavy (non-hydrogen) atoms. The average Bonchev–Trinajstić information content (AvgIpc) is 2.92. The second-order valence-corrected chi connectivity index (χ2v) is 11.0. The minimum Gasteiger partial charge on any atom is -0.354 e. The molecule has 0 radical (unpaired) electrons. The van der Waals surface area contributed by atoms with Crippen molar-refractivity contribution in [3.05, 3.63) is 95.6 Å². The van der Waals surface area contributed by atoms with Crippen molar-refractivity contribution in [1.29, 1.82) is 0 Å². The van der Waals surface area contributed by atoms with Crippen molar-refractivity contribution < 1.29 is 26.8 Å². The second-order valence-electron chi connectivity index (χ2n) is 9.16. The molecule has 3 aromatic rings. The molecule has 0 fully saturated rings. The van der Waals surface area contributed by atoms with Gasteiger partial charge in [0.25, 0.3) is 10.0 Å². The Morgan fingerprint density at radius 3 is 1.97 bits per heavy atom. The van der Waals surface area contributed by atoms with Crippen LogP contribution in [0.15, 0.2) is 77.7 Å². The average molecular weight is 558 g/mol. The summed E-state index contributed by atoms with van der Waals surface area (Å²) >= 11 is 0. The van der Waals surface area contributed by atoms with E-state index < -0.39 is 40.2 Å². The van der Waals surface area contributed by atoms with Crippen LogP contribution in [0.1, 0.15) is 37.8 Å². The Morgan fingerprint density at radius 2 is 1.44 bits per heavy atom. The third-order valence-electron chi connectivity index (χ3n) is 6.20. The minimum atomic E-state index is -4.29. The highest BCUT2D eigenvalue weighted by molar-refractivity contribution is 7.92. The van der Waals surface area contributed by atoms with Crippen LogP contribution in [-0.4, -0.2) is 44.3 Å². The van der Waals surface area contributed by atoms with Crippen molar-refractivity contribution in [2.75, 3.05) is 17.4 Å². The van der Waals surface area contributed by atoms with Gasteiger partial charge >= 0.3 is 0 Å². The predicted molar refractivity (Wildman–Crippen MR) is 146 cm³/mol. The molecule has 208 valence electrons. The van der Waals surface area contributed by atoms with E-state index in [0.717, 1.165) is 34.1 Å². The summed E-state index contributed by atoms with van der Waals surface area (Å²) in [5, 5.41) is 2.81. The van der Waals surface area contributed by atoms with E-state index in [1.54, 1.807) is 31.2 Å². The van der Waals surface area contributed by atoms with Gasteiger partial charge in [-0.2, -0.15) is 0 Å². The third kappa shape index (κ3) is 7.63. The van der Waals surface area contributed by atoms with Crippen LogP contribution in [0, 0.1) is 18.6 Å². The lowest BCUT2D eigenvalue weighted by Gasteiger charge is -2.33. The highest BCUT2D eigenvalue weighted by Gasteiger charge is 2.33. The van der Waals surface area contributed by atoms with E-state index in [2.05, 4.69) is 5.32 Å². The molecule has 0 heterocycles.